The number of rotatable bonds is 6. The van der Waals surface area contributed by atoms with Gasteiger partial charge in [-0.25, -0.2) is 0 Å². The topological polar surface area (TPSA) is 52.0 Å². The first-order valence-corrected chi connectivity index (χ1v) is 7.45. The normalized spacial score (nSPS) is 16.0. The number of hydrogen-bond donors (Lipinski definition) is 1. The lowest BCUT2D eigenvalue weighted by molar-refractivity contribution is 0.400. The Morgan fingerprint density at radius 2 is 2.10 bits per heavy atom. The second-order valence-corrected chi connectivity index (χ2v) is 5.65. The maximum atomic E-state index is 5.41. The molecule has 0 aliphatic heterocycles. The smallest absolute Gasteiger partial charge is 0.146 e. The summed E-state index contributed by atoms with van der Waals surface area (Å²) >= 11 is 0. The fraction of sp³-hybridized carbons (Fsp3) is 0.500. The van der Waals surface area contributed by atoms with E-state index in [0.29, 0.717) is 12.5 Å². The molecule has 0 amide bonds. The maximum Gasteiger partial charge on any atom is 0.146 e. The Morgan fingerprint density at radius 3 is 2.81 bits per heavy atom. The summed E-state index contributed by atoms with van der Waals surface area (Å²) in [7, 11) is 3.76. The van der Waals surface area contributed by atoms with Crippen LogP contribution in [0.3, 0.4) is 0 Å². The number of benzene rings is 1. The standard InChI is InChI=1S/C16H22N4O/c1-11(13-6-4-5-7-14(13)21-3)17-10-15-18-19-16(20(15)2)12-8-9-12/h4-7,11-12,17H,8-10H2,1-3H3/t11-/m0/s1. The molecule has 0 saturated heterocycles. The van der Waals surface area contributed by atoms with Crippen LogP contribution in [0.25, 0.3) is 0 Å². The van der Waals surface area contributed by atoms with Crippen LogP contribution in [0.15, 0.2) is 24.3 Å². The lowest BCUT2D eigenvalue weighted by Crippen LogP contribution is -2.21. The molecule has 0 unspecified atom stereocenters. The highest BCUT2D eigenvalue weighted by Crippen LogP contribution is 2.38. The molecule has 21 heavy (non-hydrogen) atoms. The van der Waals surface area contributed by atoms with Gasteiger partial charge in [-0.05, 0) is 25.8 Å². The van der Waals surface area contributed by atoms with Crippen LogP contribution in [0.5, 0.6) is 5.75 Å². The first-order valence-electron chi connectivity index (χ1n) is 7.45. The summed E-state index contributed by atoms with van der Waals surface area (Å²) < 4.78 is 7.54. The van der Waals surface area contributed by atoms with E-state index >= 15 is 0 Å². The molecule has 0 bridgehead atoms. The number of hydrogen-bond acceptors (Lipinski definition) is 4. The minimum absolute atomic E-state index is 0.197. The van der Waals surface area contributed by atoms with Crippen molar-refractivity contribution in [3.8, 4) is 5.75 Å². The highest BCUT2D eigenvalue weighted by atomic mass is 16.5. The lowest BCUT2D eigenvalue weighted by atomic mass is 10.1. The molecule has 0 spiro atoms. The molecule has 112 valence electrons. The summed E-state index contributed by atoms with van der Waals surface area (Å²) in [6.45, 7) is 2.84. The van der Waals surface area contributed by atoms with Gasteiger partial charge in [0, 0.05) is 24.6 Å². The molecule has 1 fully saturated rings. The molecule has 3 rings (SSSR count). The van der Waals surface area contributed by atoms with E-state index in [9.17, 15) is 0 Å². The number of nitrogens with zero attached hydrogens (tertiary/aromatic N) is 3. The number of nitrogens with one attached hydrogen (secondary N) is 1. The van der Waals surface area contributed by atoms with Crippen molar-refractivity contribution in [2.24, 2.45) is 7.05 Å². The zero-order valence-electron chi connectivity index (χ0n) is 12.8. The molecular weight excluding hydrogens is 264 g/mol. The number of aromatic nitrogens is 3. The Labute approximate surface area is 125 Å². The van der Waals surface area contributed by atoms with E-state index in [1.807, 2.05) is 18.2 Å². The van der Waals surface area contributed by atoms with Gasteiger partial charge in [-0.15, -0.1) is 10.2 Å². The monoisotopic (exact) mass is 286 g/mol. The third-order valence-electron chi connectivity index (χ3n) is 4.11. The fourth-order valence-electron chi connectivity index (χ4n) is 2.60. The Kier molecular flexibility index (Phi) is 3.92. The zero-order valence-corrected chi connectivity index (χ0v) is 12.8. The number of ether oxygens (including phenoxy) is 1. The van der Waals surface area contributed by atoms with Gasteiger partial charge in [-0.1, -0.05) is 18.2 Å². The molecule has 1 N–H and O–H groups in total. The van der Waals surface area contributed by atoms with Crippen LogP contribution < -0.4 is 10.1 Å². The number of methoxy groups -OCH3 is 1. The summed E-state index contributed by atoms with van der Waals surface area (Å²) in [5, 5.41) is 12.1. The van der Waals surface area contributed by atoms with Gasteiger partial charge in [0.25, 0.3) is 0 Å². The van der Waals surface area contributed by atoms with Crippen molar-refractivity contribution in [2.75, 3.05) is 7.11 Å². The molecule has 2 aromatic rings. The second-order valence-electron chi connectivity index (χ2n) is 5.65. The highest BCUT2D eigenvalue weighted by Gasteiger charge is 2.29. The van der Waals surface area contributed by atoms with Gasteiger partial charge in [0.1, 0.15) is 17.4 Å². The molecule has 1 aromatic heterocycles. The molecule has 1 aliphatic carbocycles. The Bertz CT molecular complexity index is 618. The molecule has 5 heteroatoms. The van der Waals surface area contributed by atoms with Crippen molar-refractivity contribution in [1.29, 1.82) is 0 Å². The molecule has 0 radical (unpaired) electrons. The predicted octanol–water partition coefficient (Wildman–Crippen LogP) is 2.55. The van der Waals surface area contributed by atoms with E-state index < -0.39 is 0 Å². The highest BCUT2D eigenvalue weighted by molar-refractivity contribution is 5.35. The van der Waals surface area contributed by atoms with E-state index in [1.54, 1.807) is 7.11 Å². The number of para-hydroxylation sites is 1. The summed E-state index contributed by atoms with van der Waals surface area (Å²) in [5.74, 6) is 3.65. The van der Waals surface area contributed by atoms with Gasteiger partial charge in [0.2, 0.25) is 0 Å². The molecule has 5 nitrogen and oxygen atoms in total. The van der Waals surface area contributed by atoms with Crippen molar-refractivity contribution in [1.82, 2.24) is 20.1 Å². The fourth-order valence-corrected chi connectivity index (χ4v) is 2.60. The Balaban J connectivity index is 1.67. The van der Waals surface area contributed by atoms with Crippen molar-refractivity contribution >= 4 is 0 Å². The summed E-state index contributed by atoms with van der Waals surface area (Å²) in [6.07, 6.45) is 2.49. The largest absolute Gasteiger partial charge is 0.496 e. The third kappa shape index (κ3) is 2.93. The summed E-state index contributed by atoms with van der Waals surface area (Å²) in [6, 6.07) is 8.29. The Hall–Kier alpha value is -1.88. The van der Waals surface area contributed by atoms with Crippen LogP contribution in [-0.4, -0.2) is 21.9 Å². The maximum absolute atomic E-state index is 5.41. The van der Waals surface area contributed by atoms with Crippen molar-refractivity contribution in [3.05, 3.63) is 41.5 Å². The van der Waals surface area contributed by atoms with E-state index in [-0.39, 0.29) is 6.04 Å². The van der Waals surface area contributed by atoms with Crippen molar-refractivity contribution in [3.63, 3.8) is 0 Å². The van der Waals surface area contributed by atoms with E-state index in [0.717, 1.165) is 23.0 Å². The van der Waals surface area contributed by atoms with Crippen molar-refractivity contribution < 1.29 is 4.74 Å². The van der Waals surface area contributed by atoms with Gasteiger partial charge >= 0.3 is 0 Å². The van der Waals surface area contributed by atoms with Gasteiger partial charge in [0.15, 0.2) is 0 Å². The van der Waals surface area contributed by atoms with E-state index in [1.165, 1.54) is 12.8 Å². The van der Waals surface area contributed by atoms with Crippen LogP contribution in [0.4, 0.5) is 0 Å². The third-order valence-corrected chi connectivity index (χ3v) is 4.11. The lowest BCUT2D eigenvalue weighted by Gasteiger charge is -2.17. The van der Waals surface area contributed by atoms with Gasteiger partial charge < -0.3 is 14.6 Å². The predicted molar refractivity (Wildman–Crippen MR) is 81.2 cm³/mol. The summed E-state index contributed by atoms with van der Waals surface area (Å²) in [4.78, 5) is 0. The first kappa shape index (κ1) is 14.1. The van der Waals surface area contributed by atoms with Crippen LogP contribution >= 0.6 is 0 Å². The van der Waals surface area contributed by atoms with Crippen LogP contribution in [-0.2, 0) is 13.6 Å². The molecular formula is C16H22N4O. The molecule has 1 atom stereocenters. The summed E-state index contributed by atoms with van der Waals surface area (Å²) in [5.41, 5.74) is 1.16. The minimum atomic E-state index is 0.197. The average molecular weight is 286 g/mol. The van der Waals surface area contributed by atoms with Crippen LogP contribution in [0.1, 0.15) is 48.9 Å². The minimum Gasteiger partial charge on any atom is -0.496 e. The molecule has 1 aromatic carbocycles. The first-order chi connectivity index (χ1) is 10.2. The quantitative estimate of drug-likeness (QED) is 0.886. The van der Waals surface area contributed by atoms with E-state index in [4.69, 9.17) is 4.74 Å². The van der Waals surface area contributed by atoms with Gasteiger partial charge in [-0.2, -0.15) is 0 Å². The van der Waals surface area contributed by atoms with Crippen molar-refractivity contribution in [2.45, 2.75) is 38.3 Å². The van der Waals surface area contributed by atoms with Gasteiger partial charge in [0.05, 0.1) is 13.7 Å². The second kappa shape index (κ2) is 5.85. The molecule has 1 aliphatic rings. The zero-order chi connectivity index (χ0) is 14.8. The van der Waals surface area contributed by atoms with Crippen LogP contribution in [0, 0.1) is 0 Å². The molecule has 1 saturated carbocycles. The SMILES string of the molecule is COc1ccccc1[C@H](C)NCc1nnc(C2CC2)n1C. The molecule has 1 heterocycles. The average Bonchev–Trinajstić information content (AvgIpc) is 3.29. The van der Waals surface area contributed by atoms with Crippen LogP contribution in [0.2, 0.25) is 0 Å². The van der Waals surface area contributed by atoms with E-state index in [2.05, 4.69) is 40.1 Å². The Morgan fingerprint density at radius 1 is 1.33 bits per heavy atom. The van der Waals surface area contributed by atoms with Gasteiger partial charge in [-0.3, -0.25) is 0 Å².